The molecule has 0 fully saturated rings. The van der Waals surface area contributed by atoms with Gasteiger partial charge in [-0.2, -0.15) is 13.2 Å². The largest absolute Gasteiger partial charge is 0.497 e. The Bertz CT molecular complexity index is 1150. The lowest BCUT2D eigenvalue weighted by Crippen LogP contribution is -2.32. The number of carbonyl (C=O) groups is 2. The molecular formula is C19H14F3N3O3S2. The molecule has 1 aliphatic rings. The highest BCUT2D eigenvalue weighted by Crippen LogP contribution is 2.40. The molecule has 2 N–H and O–H groups in total. The highest BCUT2D eigenvalue weighted by atomic mass is 32.2. The SMILES string of the molecule is COc1ccc2nc(NC(=O)CC3Sc4ccc(C(F)(F)F)cc4NC3=O)sc2c1. The van der Waals surface area contributed by atoms with Crippen molar-refractivity contribution in [1.29, 1.82) is 0 Å². The fourth-order valence-electron chi connectivity index (χ4n) is 2.89. The van der Waals surface area contributed by atoms with Gasteiger partial charge in [-0.3, -0.25) is 9.59 Å². The Morgan fingerprint density at radius 2 is 2.07 bits per heavy atom. The Labute approximate surface area is 176 Å². The summed E-state index contributed by atoms with van der Waals surface area (Å²) < 4.78 is 44.5. The summed E-state index contributed by atoms with van der Waals surface area (Å²) in [6.07, 6.45) is -4.64. The van der Waals surface area contributed by atoms with Gasteiger partial charge in [-0.15, -0.1) is 11.8 Å². The maximum atomic E-state index is 12.8. The number of hydrogen-bond donors (Lipinski definition) is 2. The quantitative estimate of drug-likeness (QED) is 0.595. The molecule has 3 aromatic rings. The number of nitrogens with zero attached hydrogens (tertiary/aromatic N) is 1. The first-order valence-electron chi connectivity index (χ1n) is 8.66. The number of anilines is 2. The predicted molar refractivity (Wildman–Crippen MR) is 109 cm³/mol. The highest BCUT2D eigenvalue weighted by molar-refractivity contribution is 8.01. The predicted octanol–water partition coefficient (Wildman–Crippen LogP) is 4.77. The van der Waals surface area contributed by atoms with Crippen LogP contribution in [0.3, 0.4) is 0 Å². The second-order valence-corrected chi connectivity index (χ2v) is 8.68. The van der Waals surface area contributed by atoms with Gasteiger partial charge in [0.15, 0.2) is 5.13 Å². The van der Waals surface area contributed by atoms with Crippen LogP contribution in [0.15, 0.2) is 41.3 Å². The van der Waals surface area contributed by atoms with Gasteiger partial charge in [0.25, 0.3) is 0 Å². The van der Waals surface area contributed by atoms with Crippen LogP contribution in [-0.2, 0) is 15.8 Å². The zero-order valence-electron chi connectivity index (χ0n) is 15.4. The third-order valence-electron chi connectivity index (χ3n) is 4.34. The van der Waals surface area contributed by atoms with Crippen LogP contribution < -0.4 is 15.4 Å². The van der Waals surface area contributed by atoms with Crippen molar-refractivity contribution >= 4 is 55.9 Å². The van der Waals surface area contributed by atoms with E-state index >= 15 is 0 Å². The van der Waals surface area contributed by atoms with E-state index < -0.39 is 28.8 Å². The average Bonchev–Trinajstić information content (AvgIpc) is 3.08. The van der Waals surface area contributed by atoms with Crippen LogP contribution in [-0.4, -0.2) is 29.2 Å². The molecule has 0 saturated heterocycles. The summed E-state index contributed by atoms with van der Waals surface area (Å²) in [6, 6.07) is 8.49. The summed E-state index contributed by atoms with van der Waals surface area (Å²) in [7, 11) is 1.56. The second kappa shape index (κ2) is 7.80. The minimum Gasteiger partial charge on any atom is -0.497 e. The molecule has 2 amide bonds. The zero-order valence-corrected chi connectivity index (χ0v) is 17.0. The number of fused-ring (bicyclic) bond motifs is 2. The van der Waals surface area contributed by atoms with Crippen molar-refractivity contribution in [2.75, 3.05) is 17.7 Å². The lowest BCUT2D eigenvalue weighted by molar-refractivity contribution is -0.137. The van der Waals surface area contributed by atoms with Gasteiger partial charge in [0.2, 0.25) is 11.8 Å². The number of thiazole rings is 1. The van der Waals surface area contributed by atoms with E-state index in [9.17, 15) is 22.8 Å². The first-order valence-corrected chi connectivity index (χ1v) is 10.4. The lowest BCUT2D eigenvalue weighted by Gasteiger charge is -2.24. The summed E-state index contributed by atoms with van der Waals surface area (Å²) >= 11 is 2.33. The van der Waals surface area contributed by atoms with Crippen LogP contribution in [0, 0.1) is 0 Å². The molecule has 11 heteroatoms. The van der Waals surface area contributed by atoms with Gasteiger partial charge in [-0.25, -0.2) is 4.98 Å². The van der Waals surface area contributed by atoms with E-state index in [1.807, 2.05) is 0 Å². The van der Waals surface area contributed by atoms with Gasteiger partial charge in [0, 0.05) is 11.3 Å². The molecule has 6 nitrogen and oxygen atoms in total. The molecule has 0 saturated carbocycles. The van der Waals surface area contributed by atoms with Crippen molar-refractivity contribution in [3.05, 3.63) is 42.0 Å². The minimum absolute atomic E-state index is 0.0941. The number of rotatable bonds is 4. The molecule has 0 bridgehead atoms. The van der Waals surface area contributed by atoms with E-state index in [-0.39, 0.29) is 12.1 Å². The molecular weight excluding hydrogens is 439 g/mol. The maximum absolute atomic E-state index is 12.8. The summed E-state index contributed by atoms with van der Waals surface area (Å²) in [5, 5.41) is 4.76. The van der Waals surface area contributed by atoms with Gasteiger partial charge in [0.1, 0.15) is 5.75 Å². The van der Waals surface area contributed by atoms with Crippen molar-refractivity contribution in [2.24, 2.45) is 0 Å². The fraction of sp³-hybridized carbons (Fsp3) is 0.211. The summed E-state index contributed by atoms with van der Waals surface area (Å²) in [5.41, 5.74) is -0.0438. The number of alkyl halides is 3. The third kappa shape index (κ3) is 4.21. The average molecular weight is 453 g/mol. The number of aromatic nitrogens is 1. The number of amides is 2. The molecule has 1 atom stereocenters. The molecule has 1 unspecified atom stereocenters. The molecule has 156 valence electrons. The van der Waals surface area contributed by atoms with Gasteiger partial charge in [-0.1, -0.05) is 11.3 Å². The summed E-state index contributed by atoms with van der Waals surface area (Å²) in [5.74, 6) is -0.258. The number of methoxy groups -OCH3 is 1. The van der Waals surface area contributed by atoms with Crippen LogP contribution in [0.1, 0.15) is 12.0 Å². The summed E-state index contributed by atoms with van der Waals surface area (Å²) in [6.45, 7) is 0. The van der Waals surface area contributed by atoms with Crippen molar-refractivity contribution in [1.82, 2.24) is 4.98 Å². The summed E-state index contributed by atoms with van der Waals surface area (Å²) in [4.78, 5) is 29.5. The Morgan fingerprint density at radius 3 is 2.80 bits per heavy atom. The number of hydrogen-bond acceptors (Lipinski definition) is 6. The van der Waals surface area contributed by atoms with E-state index in [1.54, 1.807) is 25.3 Å². The van der Waals surface area contributed by atoms with Crippen molar-refractivity contribution in [3.63, 3.8) is 0 Å². The van der Waals surface area contributed by atoms with Gasteiger partial charge in [0.05, 0.1) is 33.8 Å². The smallest absolute Gasteiger partial charge is 0.416 e. The standard InChI is InChI=1S/C19H14F3N3O3S2/c1-28-10-3-4-11-14(7-10)30-18(24-11)25-16(26)8-15-17(27)23-12-6-9(19(20,21)22)2-5-13(12)29-15/h2-7,15H,8H2,1H3,(H,23,27)(H,24,25,26). The number of benzene rings is 2. The molecule has 0 spiro atoms. The first-order chi connectivity index (χ1) is 14.2. The monoisotopic (exact) mass is 453 g/mol. The van der Waals surface area contributed by atoms with Gasteiger partial charge >= 0.3 is 6.18 Å². The van der Waals surface area contributed by atoms with Crippen molar-refractivity contribution in [3.8, 4) is 5.75 Å². The normalized spacial score (nSPS) is 16.1. The highest BCUT2D eigenvalue weighted by Gasteiger charge is 2.34. The maximum Gasteiger partial charge on any atom is 0.416 e. The molecule has 4 rings (SSSR count). The van der Waals surface area contributed by atoms with Crippen LogP contribution in [0.5, 0.6) is 5.75 Å². The Kier molecular flexibility index (Phi) is 5.33. The van der Waals surface area contributed by atoms with Crippen LogP contribution in [0.4, 0.5) is 24.0 Å². The van der Waals surface area contributed by atoms with Gasteiger partial charge in [-0.05, 0) is 36.4 Å². The topological polar surface area (TPSA) is 80.3 Å². The Hall–Kier alpha value is -2.79. The van der Waals surface area contributed by atoms with Gasteiger partial charge < -0.3 is 15.4 Å². The molecule has 2 aromatic carbocycles. The Morgan fingerprint density at radius 1 is 1.27 bits per heavy atom. The zero-order chi connectivity index (χ0) is 21.5. The number of thioether (sulfide) groups is 1. The van der Waals surface area contributed by atoms with Crippen LogP contribution in [0.2, 0.25) is 0 Å². The number of nitrogens with one attached hydrogen (secondary N) is 2. The van der Waals surface area contributed by atoms with E-state index in [2.05, 4.69) is 15.6 Å². The second-order valence-electron chi connectivity index (χ2n) is 6.41. The van der Waals surface area contributed by atoms with Crippen LogP contribution >= 0.6 is 23.1 Å². The number of carbonyl (C=O) groups excluding carboxylic acids is 2. The number of halogens is 3. The molecule has 30 heavy (non-hydrogen) atoms. The molecule has 0 aliphatic carbocycles. The molecule has 1 aromatic heterocycles. The Balaban J connectivity index is 1.44. The molecule has 2 heterocycles. The van der Waals surface area contributed by atoms with E-state index in [0.717, 1.165) is 28.6 Å². The molecule has 1 aliphatic heterocycles. The lowest BCUT2D eigenvalue weighted by atomic mass is 10.1. The van der Waals surface area contributed by atoms with Crippen molar-refractivity contribution < 1.29 is 27.5 Å². The number of ether oxygens (including phenoxy) is 1. The van der Waals surface area contributed by atoms with E-state index in [0.29, 0.717) is 21.3 Å². The fourth-order valence-corrected chi connectivity index (χ4v) is 4.89. The molecule has 0 radical (unpaired) electrons. The third-order valence-corrected chi connectivity index (χ3v) is 6.55. The minimum atomic E-state index is -4.50. The van der Waals surface area contributed by atoms with Crippen molar-refractivity contribution in [2.45, 2.75) is 22.7 Å². The van der Waals surface area contributed by atoms with E-state index in [1.165, 1.54) is 17.4 Å². The van der Waals surface area contributed by atoms with Crippen LogP contribution in [0.25, 0.3) is 10.2 Å². The van der Waals surface area contributed by atoms with E-state index in [4.69, 9.17) is 4.74 Å². The first kappa shape index (κ1) is 20.5.